The van der Waals surface area contributed by atoms with E-state index in [1.54, 1.807) is 0 Å². The van der Waals surface area contributed by atoms with E-state index < -0.39 is 23.5 Å². The largest absolute Gasteiger partial charge is 0.481 e. The van der Waals surface area contributed by atoms with E-state index in [0.717, 1.165) is 23.7 Å². The van der Waals surface area contributed by atoms with Crippen molar-refractivity contribution < 1.29 is 23.5 Å². The third-order valence-corrected chi connectivity index (χ3v) is 5.42. The highest BCUT2D eigenvalue weighted by Crippen LogP contribution is 2.30. The Labute approximate surface area is 154 Å². The Morgan fingerprint density at radius 2 is 2.04 bits per heavy atom. The Kier molecular flexibility index (Phi) is 4.41. The molecule has 0 aliphatic heterocycles. The highest BCUT2D eigenvalue weighted by atomic mass is 19.2. The molecule has 1 aromatic carbocycles. The molecule has 4 rings (SSSR count). The molecule has 27 heavy (non-hydrogen) atoms. The number of aliphatic carboxylic acids is 1. The zero-order valence-electron chi connectivity index (χ0n) is 14.5. The van der Waals surface area contributed by atoms with Crippen molar-refractivity contribution in [2.24, 2.45) is 5.92 Å². The van der Waals surface area contributed by atoms with Crippen LogP contribution in [0.15, 0.2) is 18.2 Å². The number of carbonyl (C=O) groups excluding carboxylic acids is 1. The predicted octanol–water partition coefficient (Wildman–Crippen LogP) is 2.62. The van der Waals surface area contributed by atoms with Crippen LogP contribution in [0.25, 0.3) is 5.69 Å². The second-order valence-corrected chi connectivity index (χ2v) is 7.13. The SMILES string of the molecule is O=C(N[C@@H]1CC[C@H](C(=O)O)C1)c1nn(-c2cccc(F)c2F)c2c1CCC2. The van der Waals surface area contributed by atoms with Crippen molar-refractivity contribution in [3.63, 3.8) is 0 Å². The van der Waals surface area contributed by atoms with E-state index in [2.05, 4.69) is 10.4 Å². The second kappa shape index (κ2) is 6.75. The fourth-order valence-corrected chi connectivity index (χ4v) is 4.07. The van der Waals surface area contributed by atoms with Gasteiger partial charge in [-0.15, -0.1) is 0 Å². The zero-order valence-corrected chi connectivity index (χ0v) is 14.5. The number of carboxylic acids is 1. The van der Waals surface area contributed by atoms with E-state index in [-0.39, 0.29) is 23.3 Å². The lowest BCUT2D eigenvalue weighted by molar-refractivity contribution is -0.141. The number of hydrogen-bond acceptors (Lipinski definition) is 3. The van der Waals surface area contributed by atoms with Gasteiger partial charge in [0.2, 0.25) is 0 Å². The summed E-state index contributed by atoms with van der Waals surface area (Å²) in [5.74, 6) is -3.65. The summed E-state index contributed by atoms with van der Waals surface area (Å²) in [6.07, 6.45) is 3.62. The molecule has 8 heteroatoms. The maximum atomic E-state index is 14.2. The van der Waals surface area contributed by atoms with Crippen LogP contribution in [0.4, 0.5) is 8.78 Å². The molecule has 2 N–H and O–H groups in total. The number of nitrogens with one attached hydrogen (secondary N) is 1. The molecule has 2 aliphatic rings. The molecule has 0 spiro atoms. The molecule has 142 valence electrons. The fraction of sp³-hybridized carbons (Fsp3) is 0.421. The third-order valence-electron chi connectivity index (χ3n) is 5.42. The number of carbonyl (C=O) groups is 2. The van der Waals surface area contributed by atoms with Gasteiger partial charge in [0.1, 0.15) is 5.69 Å². The minimum absolute atomic E-state index is 0.0148. The van der Waals surface area contributed by atoms with E-state index in [1.165, 1.54) is 16.8 Å². The van der Waals surface area contributed by atoms with Crippen LogP contribution in [-0.2, 0) is 17.6 Å². The van der Waals surface area contributed by atoms with E-state index in [9.17, 15) is 18.4 Å². The lowest BCUT2D eigenvalue weighted by Crippen LogP contribution is -2.34. The average molecular weight is 375 g/mol. The highest BCUT2D eigenvalue weighted by molar-refractivity contribution is 5.94. The minimum atomic E-state index is -0.998. The summed E-state index contributed by atoms with van der Waals surface area (Å²) in [6.45, 7) is 0. The first-order chi connectivity index (χ1) is 13.0. The summed E-state index contributed by atoms with van der Waals surface area (Å²) in [5, 5.41) is 16.2. The van der Waals surface area contributed by atoms with Crippen LogP contribution in [0.5, 0.6) is 0 Å². The minimum Gasteiger partial charge on any atom is -0.481 e. The van der Waals surface area contributed by atoms with Gasteiger partial charge in [0.05, 0.1) is 5.92 Å². The highest BCUT2D eigenvalue weighted by Gasteiger charge is 2.33. The Hall–Kier alpha value is -2.77. The van der Waals surface area contributed by atoms with Crippen molar-refractivity contribution in [1.29, 1.82) is 0 Å². The molecule has 1 aromatic heterocycles. The van der Waals surface area contributed by atoms with Gasteiger partial charge in [-0.05, 0) is 50.7 Å². The maximum Gasteiger partial charge on any atom is 0.306 e. The lowest BCUT2D eigenvalue weighted by atomic mass is 10.1. The summed E-state index contributed by atoms with van der Waals surface area (Å²) in [6, 6.07) is 3.66. The molecule has 1 saturated carbocycles. The topological polar surface area (TPSA) is 84.2 Å². The van der Waals surface area contributed by atoms with Crippen LogP contribution in [0.2, 0.25) is 0 Å². The van der Waals surface area contributed by atoms with E-state index in [0.29, 0.717) is 32.1 Å². The first kappa shape index (κ1) is 17.6. The number of benzene rings is 1. The van der Waals surface area contributed by atoms with Crippen LogP contribution >= 0.6 is 0 Å². The molecule has 2 atom stereocenters. The fourth-order valence-electron chi connectivity index (χ4n) is 4.07. The Balaban J connectivity index is 1.62. The zero-order chi connectivity index (χ0) is 19.1. The number of halogens is 2. The van der Waals surface area contributed by atoms with Crippen LogP contribution in [0.3, 0.4) is 0 Å². The standard InChI is InChI=1S/C19H19F2N3O3/c20-13-4-2-6-15(16(13)21)24-14-5-1-3-12(14)17(23-24)18(25)22-11-8-7-10(9-11)19(26)27/h2,4,6,10-11H,1,3,5,7-9H2,(H,22,25)(H,26,27)/t10-,11+/m0/s1. The van der Waals surface area contributed by atoms with E-state index >= 15 is 0 Å². The van der Waals surface area contributed by atoms with Gasteiger partial charge in [-0.2, -0.15) is 5.10 Å². The van der Waals surface area contributed by atoms with Crippen molar-refractivity contribution in [2.75, 3.05) is 0 Å². The van der Waals surface area contributed by atoms with Gasteiger partial charge < -0.3 is 10.4 Å². The van der Waals surface area contributed by atoms with Crippen LogP contribution in [0.1, 0.15) is 47.4 Å². The van der Waals surface area contributed by atoms with Gasteiger partial charge in [-0.25, -0.2) is 13.5 Å². The lowest BCUT2D eigenvalue weighted by Gasteiger charge is -2.12. The Bertz CT molecular complexity index is 925. The van der Waals surface area contributed by atoms with Gasteiger partial charge in [0.25, 0.3) is 5.91 Å². The summed E-state index contributed by atoms with van der Waals surface area (Å²) in [4.78, 5) is 23.8. The molecule has 0 radical (unpaired) electrons. The molecular weight excluding hydrogens is 356 g/mol. The maximum absolute atomic E-state index is 14.2. The van der Waals surface area contributed by atoms with E-state index in [4.69, 9.17) is 5.11 Å². The third kappa shape index (κ3) is 3.09. The monoisotopic (exact) mass is 375 g/mol. The van der Waals surface area contributed by atoms with Crippen molar-refractivity contribution in [3.05, 3.63) is 46.8 Å². The Morgan fingerprint density at radius 1 is 1.22 bits per heavy atom. The van der Waals surface area contributed by atoms with Gasteiger partial charge in [0.15, 0.2) is 17.3 Å². The van der Waals surface area contributed by atoms with Gasteiger partial charge in [-0.1, -0.05) is 6.07 Å². The molecule has 0 unspecified atom stereocenters. The molecule has 1 fully saturated rings. The predicted molar refractivity (Wildman–Crippen MR) is 91.7 cm³/mol. The Morgan fingerprint density at radius 3 is 2.78 bits per heavy atom. The number of rotatable bonds is 4. The number of amides is 1. The number of carboxylic acid groups (broad SMARTS) is 1. The summed E-state index contributed by atoms with van der Waals surface area (Å²) >= 11 is 0. The molecule has 6 nitrogen and oxygen atoms in total. The van der Waals surface area contributed by atoms with Crippen LogP contribution in [-0.4, -0.2) is 32.8 Å². The molecule has 1 amide bonds. The number of hydrogen-bond donors (Lipinski definition) is 2. The quantitative estimate of drug-likeness (QED) is 0.860. The molecular formula is C19H19F2N3O3. The average Bonchev–Trinajstić information content (AvgIpc) is 3.33. The molecule has 2 aromatic rings. The molecule has 0 saturated heterocycles. The van der Waals surface area contributed by atoms with Gasteiger partial charge in [-0.3, -0.25) is 9.59 Å². The summed E-state index contributed by atoms with van der Waals surface area (Å²) < 4.78 is 29.2. The molecule has 0 bridgehead atoms. The van der Waals surface area contributed by atoms with Gasteiger partial charge in [0, 0.05) is 17.3 Å². The normalized spacial score (nSPS) is 21.3. The van der Waals surface area contributed by atoms with E-state index in [1.807, 2.05) is 0 Å². The summed E-state index contributed by atoms with van der Waals surface area (Å²) in [5.41, 5.74) is 1.67. The van der Waals surface area contributed by atoms with Gasteiger partial charge >= 0.3 is 5.97 Å². The first-order valence-electron chi connectivity index (χ1n) is 9.04. The second-order valence-electron chi connectivity index (χ2n) is 7.13. The summed E-state index contributed by atoms with van der Waals surface area (Å²) in [7, 11) is 0. The van der Waals surface area contributed by atoms with Crippen molar-refractivity contribution in [1.82, 2.24) is 15.1 Å². The molecule has 1 heterocycles. The van der Waals surface area contributed by atoms with Crippen molar-refractivity contribution in [2.45, 2.75) is 44.6 Å². The molecule has 2 aliphatic carbocycles. The van der Waals surface area contributed by atoms with Crippen molar-refractivity contribution in [3.8, 4) is 5.69 Å². The van der Waals surface area contributed by atoms with Crippen LogP contribution < -0.4 is 5.32 Å². The number of aromatic nitrogens is 2. The van der Waals surface area contributed by atoms with Crippen LogP contribution in [0, 0.1) is 17.6 Å². The number of nitrogens with zero attached hydrogens (tertiary/aromatic N) is 2. The smallest absolute Gasteiger partial charge is 0.306 e. The number of fused-ring (bicyclic) bond motifs is 1. The first-order valence-corrected chi connectivity index (χ1v) is 9.04. The van der Waals surface area contributed by atoms with Crippen molar-refractivity contribution >= 4 is 11.9 Å².